The number of esters is 1. The third kappa shape index (κ3) is 4.01. The third-order valence-corrected chi connectivity index (χ3v) is 3.88. The predicted octanol–water partition coefficient (Wildman–Crippen LogP) is 2.89. The lowest BCUT2D eigenvalue weighted by molar-refractivity contribution is -0.141. The van der Waals surface area contributed by atoms with Crippen LogP contribution in [0.15, 0.2) is 28.8 Å². The minimum absolute atomic E-state index is 0.0527. The molecule has 0 unspecified atom stereocenters. The second-order valence-electron chi connectivity index (χ2n) is 5.63. The summed E-state index contributed by atoms with van der Waals surface area (Å²) >= 11 is 0. The fraction of sp³-hybridized carbons (Fsp3) is 0.389. The predicted molar refractivity (Wildman–Crippen MR) is 88.6 cm³/mol. The molecule has 0 bridgehead atoms. The molecule has 2 aromatic rings. The Morgan fingerprint density at radius 3 is 2.50 bits per heavy atom. The van der Waals surface area contributed by atoms with Crippen LogP contribution < -0.4 is 5.32 Å². The van der Waals surface area contributed by atoms with Crippen molar-refractivity contribution < 1.29 is 18.8 Å². The fourth-order valence-corrected chi connectivity index (χ4v) is 2.48. The molecule has 1 amide bonds. The van der Waals surface area contributed by atoms with Gasteiger partial charge in [0.15, 0.2) is 0 Å². The van der Waals surface area contributed by atoms with E-state index in [0.717, 1.165) is 11.1 Å². The van der Waals surface area contributed by atoms with Crippen molar-refractivity contribution in [2.45, 2.75) is 39.7 Å². The second kappa shape index (κ2) is 7.77. The molecule has 1 aromatic carbocycles. The summed E-state index contributed by atoms with van der Waals surface area (Å²) in [6.07, 6.45) is 0.642. The number of rotatable bonds is 6. The number of nitrogens with one attached hydrogen (secondary N) is 1. The average Bonchev–Trinajstić information content (AvgIpc) is 2.95. The standard InChI is InChI=1S/C18H22N2O4/c1-5-14-17(12(3)24-20-14)18(22)19-15(10-16(21)23-4)13-8-6-11(2)7-9-13/h6-9,15H,5,10H2,1-4H3,(H,19,22)/t15-/m1/s1. The first-order valence-electron chi connectivity index (χ1n) is 7.85. The molecule has 0 aliphatic heterocycles. The van der Waals surface area contributed by atoms with Gasteiger partial charge in [0.05, 0.1) is 25.3 Å². The summed E-state index contributed by atoms with van der Waals surface area (Å²) in [6, 6.07) is 7.18. The van der Waals surface area contributed by atoms with Crippen LogP contribution in [0.2, 0.25) is 0 Å². The zero-order chi connectivity index (χ0) is 17.7. The minimum Gasteiger partial charge on any atom is -0.469 e. The Morgan fingerprint density at radius 2 is 1.92 bits per heavy atom. The van der Waals surface area contributed by atoms with Crippen LogP contribution >= 0.6 is 0 Å². The van der Waals surface area contributed by atoms with Gasteiger partial charge in [0, 0.05) is 0 Å². The molecule has 1 atom stereocenters. The molecule has 1 aromatic heterocycles. The molecule has 1 N–H and O–H groups in total. The zero-order valence-electron chi connectivity index (χ0n) is 14.4. The largest absolute Gasteiger partial charge is 0.469 e. The van der Waals surface area contributed by atoms with Gasteiger partial charge in [0.25, 0.3) is 5.91 Å². The molecule has 6 heteroatoms. The molecule has 2 rings (SSSR count). The van der Waals surface area contributed by atoms with E-state index >= 15 is 0 Å². The first-order chi connectivity index (χ1) is 11.5. The van der Waals surface area contributed by atoms with Crippen LogP contribution in [-0.4, -0.2) is 24.1 Å². The molecular weight excluding hydrogens is 308 g/mol. The summed E-state index contributed by atoms with van der Waals surface area (Å²) in [5.74, 6) is -0.233. The molecule has 0 radical (unpaired) electrons. The Morgan fingerprint density at radius 1 is 1.25 bits per heavy atom. The summed E-state index contributed by atoms with van der Waals surface area (Å²) in [4.78, 5) is 24.4. The Balaban J connectivity index is 2.27. The maximum Gasteiger partial charge on any atom is 0.307 e. The topological polar surface area (TPSA) is 81.4 Å². The minimum atomic E-state index is -0.482. The molecule has 0 saturated heterocycles. The maximum absolute atomic E-state index is 12.7. The van der Waals surface area contributed by atoms with Gasteiger partial charge in [-0.1, -0.05) is 41.9 Å². The van der Waals surface area contributed by atoms with E-state index in [0.29, 0.717) is 23.4 Å². The Hall–Kier alpha value is -2.63. The van der Waals surface area contributed by atoms with Crippen molar-refractivity contribution >= 4 is 11.9 Å². The lowest BCUT2D eigenvalue weighted by atomic mass is 10.0. The van der Waals surface area contributed by atoms with E-state index in [1.165, 1.54) is 7.11 Å². The molecule has 0 spiro atoms. The number of benzene rings is 1. The number of hydrogen-bond acceptors (Lipinski definition) is 5. The quantitative estimate of drug-likeness (QED) is 0.824. The van der Waals surface area contributed by atoms with Crippen molar-refractivity contribution in [3.8, 4) is 0 Å². The van der Waals surface area contributed by atoms with Crippen molar-refractivity contribution in [3.05, 3.63) is 52.4 Å². The highest BCUT2D eigenvalue weighted by Crippen LogP contribution is 2.21. The second-order valence-corrected chi connectivity index (χ2v) is 5.63. The first kappa shape index (κ1) is 17.7. The third-order valence-electron chi connectivity index (χ3n) is 3.88. The van der Waals surface area contributed by atoms with Crippen molar-refractivity contribution in [3.63, 3.8) is 0 Å². The summed E-state index contributed by atoms with van der Waals surface area (Å²) in [5.41, 5.74) is 2.97. The smallest absolute Gasteiger partial charge is 0.307 e. The summed E-state index contributed by atoms with van der Waals surface area (Å²) in [5, 5.41) is 6.79. The zero-order valence-corrected chi connectivity index (χ0v) is 14.4. The van der Waals surface area contributed by atoms with E-state index < -0.39 is 12.0 Å². The van der Waals surface area contributed by atoms with E-state index in [4.69, 9.17) is 9.26 Å². The Bertz CT molecular complexity index is 719. The van der Waals surface area contributed by atoms with E-state index in [2.05, 4.69) is 10.5 Å². The summed E-state index contributed by atoms with van der Waals surface area (Å²) < 4.78 is 9.86. The van der Waals surface area contributed by atoms with Crippen molar-refractivity contribution in [1.29, 1.82) is 0 Å². The normalized spacial score (nSPS) is 11.8. The fourth-order valence-electron chi connectivity index (χ4n) is 2.48. The number of methoxy groups -OCH3 is 1. The molecule has 0 aliphatic carbocycles. The van der Waals surface area contributed by atoms with Gasteiger partial charge in [-0.2, -0.15) is 0 Å². The average molecular weight is 330 g/mol. The lowest BCUT2D eigenvalue weighted by Gasteiger charge is -2.18. The van der Waals surface area contributed by atoms with Crippen LogP contribution in [0.4, 0.5) is 0 Å². The van der Waals surface area contributed by atoms with Crippen LogP contribution in [0.5, 0.6) is 0 Å². The molecular formula is C18H22N2O4. The van der Waals surface area contributed by atoms with Crippen LogP contribution in [0, 0.1) is 13.8 Å². The molecule has 0 aliphatic rings. The number of carbonyl (C=O) groups excluding carboxylic acids is 2. The lowest BCUT2D eigenvalue weighted by Crippen LogP contribution is -2.31. The van der Waals surface area contributed by atoms with Crippen LogP contribution in [-0.2, 0) is 16.0 Å². The van der Waals surface area contributed by atoms with E-state index in [1.807, 2.05) is 38.1 Å². The Kier molecular flexibility index (Phi) is 5.73. The number of aromatic nitrogens is 1. The summed E-state index contributed by atoms with van der Waals surface area (Å²) in [6.45, 7) is 5.58. The number of hydrogen-bond donors (Lipinski definition) is 1. The molecule has 1 heterocycles. The van der Waals surface area contributed by atoms with E-state index in [1.54, 1.807) is 6.92 Å². The van der Waals surface area contributed by atoms with Crippen LogP contribution in [0.3, 0.4) is 0 Å². The molecule has 128 valence electrons. The first-order valence-corrected chi connectivity index (χ1v) is 7.85. The van der Waals surface area contributed by atoms with E-state index in [9.17, 15) is 9.59 Å². The Labute approximate surface area is 141 Å². The van der Waals surface area contributed by atoms with Gasteiger partial charge in [-0.25, -0.2) is 0 Å². The van der Waals surface area contributed by atoms with Gasteiger partial charge < -0.3 is 14.6 Å². The number of aryl methyl sites for hydroxylation is 3. The van der Waals surface area contributed by atoms with Gasteiger partial charge in [-0.15, -0.1) is 0 Å². The highest BCUT2D eigenvalue weighted by atomic mass is 16.5. The van der Waals surface area contributed by atoms with Gasteiger partial charge in [0.1, 0.15) is 11.3 Å². The number of amides is 1. The number of nitrogens with zero attached hydrogens (tertiary/aromatic N) is 1. The monoisotopic (exact) mass is 330 g/mol. The molecule has 0 fully saturated rings. The van der Waals surface area contributed by atoms with E-state index in [-0.39, 0.29) is 12.3 Å². The summed E-state index contributed by atoms with van der Waals surface area (Å²) in [7, 11) is 1.33. The van der Waals surface area contributed by atoms with Crippen LogP contribution in [0.25, 0.3) is 0 Å². The van der Waals surface area contributed by atoms with Crippen molar-refractivity contribution in [2.24, 2.45) is 0 Å². The van der Waals surface area contributed by atoms with Crippen molar-refractivity contribution in [1.82, 2.24) is 10.5 Å². The van der Waals surface area contributed by atoms with Gasteiger partial charge in [-0.3, -0.25) is 9.59 Å². The molecule has 0 saturated carbocycles. The van der Waals surface area contributed by atoms with Gasteiger partial charge >= 0.3 is 5.97 Å². The van der Waals surface area contributed by atoms with Gasteiger partial charge in [-0.05, 0) is 25.8 Å². The van der Waals surface area contributed by atoms with Gasteiger partial charge in [0.2, 0.25) is 0 Å². The molecule has 24 heavy (non-hydrogen) atoms. The number of carbonyl (C=O) groups is 2. The maximum atomic E-state index is 12.7. The molecule has 6 nitrogen and oxygen atoms in total. The van der Waals surface area contributed by atoms with Crippen molar-refractivity contribution in [2.75, 3.05) is 7.11 Å². The number of ether oxygens (including phenoxy) is 1. The SMILES string of the molecule is CCc1noc(C)c1C(=O)N[C@H](CC(=O)OC)c1ccc(C)cc1. The highest BCUT2D eigenvalue weighted by Gasteiger charge is 2.24. The van der Waals surface area contributed by atoms with Crippen LogP contribution in [0.1, 0.15) is 52.3 Å². The highest BCUT2D eigenvalue weighted by molar-refractivity contribution is 5.96.